The highest BCUT2D eigenvalue weighted by Crippen LogP contribution is 2.19. The summed E-state index contributed by atoms with van der Waals surface area (Å²) in [6.45, 7) is 7.48. The molecule has 0 spiro atoms. The number of aromatic amines is 1. The predicted octanol–water partition coefficient (Wildman–Crippen LogP) is 2.97. The highest BCUT2D eigenvalue weighted by Gasteiger charge is 2.20. The first-order valence-corrected chi connectivity index (χ1v) is 9.12. The number of benzene rings is 1. The van der Waals surface area contributed by atoms with Gasteiger partial charge in [0.05, 0.1) is 0 Å². The van der Waals surface area contributed by atoms with Crippen LogP contribution in [0.3, 0.4) is 0 Å². The number of fused-ring (bicyclic) bond motifs is 1. The number of aromatic nitrogens is 1. The van der Waals surface area contributed by atoms with Gasteiger partial charge in [0.2, 0.25) is 0 Å². The fourth-order valence-electron chi connectivity index (χ4n) is 3.51. The van der Waals surface area contributed by atoms with Crippen LogP contribution >= 0.6 is 24.0 Å². The third-order valence-electron chi connectivity index (χ3n) is 5.02. The van der Waals surface area contributed by atoms with Crippen molar-refractivity contribution < 1.29 is 4.39 Å². The van der Waals surface area contributed by atoms with E-state index in [9.17, 15) is 4.39 Å². The molecule has 26 heavy (non-hydrogen) atoms. The second kappa shape index (κ2) is 10.1. The molecule has 1 aromatic carbocycles. The number of likely N-dealkylation sites (tertiary alicyclic amines) is 1. The van der Waals surface area contributed by atoms with Gasteiger partial charge in [0.1, 0.15) is 5.82 Å². The quantitative estimate of drug-likeness (QED) is 0.344. The number of nitrogens with zero attached hydrogens (tertiary/aromatic N) is 2. The second-order valence-electron chi connectivity index (χ2n) is 6.68. The molecule has 0 aliphatic carbocycles. The standard InChI is InChI=1S/C19H28FN5.HI/c1-3-25-9-7-14(13-25)11-24-19(21-2)22-8-6-15-12-23-18-10-16(20)4-5-17(15)18;/h4-5,10,12,14,23H,3,6-9,11,13H2,1-2H3,(H2,21,22,24);1H. The van der Waals surface area contributed by atoms with E-state index in [1.165, 1.54) is 37.2 Å². The highest BCUT2D eigenvalue weighted by atomic mass is 127. The fraction of sp³-hybridized carbons (Fsp3) is 0.526. The first-order chi connectivity index (χ1) is 12.2. The Morgan fingerprint density at radius 2 is 2.23 bits per heavy atom. The van der Waals surface area contributed by atoms with Crippen LogP contribution in [0.25, 0.3) is 10.9 Å². The summed E-state index contributed by atoms with van der Waals surface area (Å²) in [6.07, 6.45) is 4.07. The molecule has 3 rings (SSSR count). The van der Waals surface area contributed by atoms with Crippen LogP contribution in [0.1, 0.15) is 18.9 Å². The monoisotopic (exact) mass is 473 g/mol. The van der Waals surface area contributed by atoms with Crippen LogP contribution < -0.4 is 10.6 Å². The van der Waals surface area contributed by atoms with Gasteiger partial charge in [-0.3, -0.25) is 4.99 Å². The minimum Gasteiger partial charge on any atom is -0.361 e. The van der Waals surface area contributed by atoms with E-state index in [1.54, 1.807) is 7.05 Å². The minimum atomic E-state index is -0.211. The molecule has 2 heterocycles. The highest BCUT2D eigenvalue weighted by molar-refractivity contribution is 14.0. The van der Waals surface area contributed by atoms with Gasteiger partial charge in [-0.15, -0.1) is 24.0 Å². The maximum atomic E-state index is 13.2. The van der Waals surface area contributed by atoms with E-state index < -0.39 is 0 Å². The average molecular weight is 473 g/mol. The topological polar surface area (TPSA) is 55.4 Å². The largest absolute Gasteiger partial charge is 0.361 e. The number of rotatable bonds is 6. The van der Waals surface area contributed by atoms with E-state index in [0.29, 0.717) is 5.92 Å². The molecule has 7 heteroatoms. The van der Waals surface area contributed by atoms with Crippen LogP contribution in [-0.2, 0) is 6.42 Å². The Hall–Kier alpha value is -1.35. The number of halogens is 2. The van der Waals surface area contributed by atoms with Gasteiger partial charge < -0.3 is 20.5 Å². The molecule has 1 aliphatic rings. The molecule has 1 atom stereocenters. The Morgan fingerprint density at radius 3 is 2.96 bits per heavy atom. The normalized spacial score (nSPS) is 18.1. The van der Waals surface area contributed by atoms with Gasteiger partial charge in [0, 0.05) is 43.8 Å². The van der Waals surface area contributed by atoms with E-state index in [4.69, 9.17) is 0 Å². The average Bonchev–Trinajstić information content (AvgIpc) is 3.24. The summed E-state index contributed by atoms with van der Waals surface area (Å²) in [5.74, 6) is 1.33. The van der Waals surface area contributed by atoms with E-state index in [0.717, 1.165) is 42.9 Å². The number of guanidine groups is 1. The predicted molar refractivity (Wildman–Crippen MR) is 117 cm³/mol. The van der Waals surface area contributed by atoms with Crippen LogP contribution in [0.4, 0.5) is 4.39 Å². The third-order valence-corrected chi connectivity index (χ3v) is 5.02. The molecule has 1 aromatic heterocycles. The smallest absolute Gasteiger partial charge is 0.190 e. The van der Waals surface area contributed by atoms with Gasteiger partial charge in [0.15, 0.2) is 5.96 Å². The van der Waals surface area contributed by atoms with Crippen molar-refractivity contribution >= 4 is 40.8 Å². The van der Waals surface area contributed by atoms with Crippen molar-refractivity contribution in [1.82, 2.24) is 20.5 Å². The molecule has 5 nitrogen and oxygen atoms in total. The third kappa shape index (κ3) is 5.33. The molecule has 0 bridgehead atoms. The van der Waals surface area contributed by atoms with Crippen LogP contribution in [-0.4, -0.2) is 55.6 Å². The molecule has 0 saturated carbocycles. The minimum absolute atomic E-state index is 0. The lowest BCUT2D eigenvalue weighted by Gasteiger charge is -2.16. The van der Waals surface area contributed by atoms with Crippen molar-refractivity contribution in [2.45, 2.75) is 19.8 Å². The van der Waals surface area contributed by atoms with Gasteiger partial charge in [0.25, 0.3) is 0 Å². The number of nitrogens with one attached hydrogen (secondary N) is 3. The summed E-state index contributed by atoms with van der Waals surface area (Å²) < 4.78 is 13.2. The van der Waals surface area contributed by atoms with Crippen LogP contribution in [0, 0.1) is 11.7 Å². The molecule has 144 valence electrons. The van der Waals surface area contributed by atoms with Gasteiger partial charge in [-0.25, -0.2) is 4.39 Å². The van der Waals surface area contributed by atoms with Gasteiger partial charge in [-0.1, -0.05) is 6.92 Å². The summed E-state index contributed by atoms with van der Waals surface area (Å²) in [7, 11) is 1.80. The van der Waals surface area contributed by atoms with Crippen molar-refractivity contribution in [2.75, 3.05) is 39.8 Å². The van der Waals surface area contributed by atoms with Crippen LogP contribution in [0.2, 0.25) is 0 Å². The Morgan fingerprint density at radius 1 is 1.38 bits per heavy atom. The van der Waals surface area contributed by atoms with Crippen molar-refractivity contribution in [3.63, 3.8) is 0 Å². The molecule has 2 aromatic rings. The molecule has 1 fully saturated rings. The molecule has 1 unspecified atom stereocenters. The van der Waals surface area contributed by atoms with E-state index in [-0.39, 0.29) is 29.8 Å². The summed E-state index contributed by atoms with van der Waals surface area (Å²) >= 11 is 0. The number of aliphatic imine (C=N–C) groups is 1. The molecule has 0 radical (unpaired) electrons. The van der Waals surface area contributed by atoms with Crippen LogP contribution in [0.15, 0.2) is 29.4 Å². The molecule has 1 saturated heterocycles. The maximum Gasteiger partial charge on any atom is 0.190 e. The lowest BCUT2D eigenvalue weighted by atomic mass is 10.1. The van der Waals surface area contributed by atoms with Gasteiger partial charge in [-0.05, 0) is 55.6 Å². The number of hydrogen-bond acceptors (Lipinski definition) is 2. The lowest BCUT2D eigenvalue weighted by Crippen LogP contribution is -2.41. The van der Waals surface area contributed by atoms with E-state index in [1.807, 2.05) is 12.3 Å². The zero-order valence-corrected chi connectivity index (χ0v) is 17.8. The molecular weight excluding hydrogens is 444 g/mol. The number of hydrogen-bond donors (Lipinski definition) is 3. The zero-order chi connectivity index (χ0) is 17.6. The maximum absolute atomic E-state index is 13.2. The van der Waals surface area contributed by atoms with Crippen molar-refractivity contribution in [2.24, 2.45) is 10.9 Å². The molecule has 0 amide bonds. The second-order valence-corrected chi connectivity index (χ2v) is 6.68. The molecule has 3 N–H and O–H groups in total. The Bertz CT molecular complexity index is 730. The van der Waals surface area contributed by atoms with Gasteiger partial charge >= 0.3 is 0 Å². The van der Waals surface area contributed by atoms with E-state index >= 15 is 0 Å². The summed E-state index contributed by atoms with van der Waals surface area (Å²) in [5, 5.41) is 7.89. The number of H-pyrrole nitrogens is 1. The van der Waals surface area contributed by atoms with Gasteiger partial charge in [-0.2, -0.15) is 0 Å². The first kappa shape index (κ1) is 21.0. The molecular formula is C19H29FIN5. The Kier molecular flexibility index (Phi) is 8.15. The van der Waals surface area contributed by atoms with Crippen molar-refractivity contribution in [1.29, 1.82) is 0 Å². The summed E-state index contributed by atoms with van der Waals surface area (Å²) in [4.78, 5) is 9.93. The summed E-state index contributed by atoms with van der Waals surface area (Å²) in [6, 6.07) is 4.88. The SMILES string of the molecule is CCN1CCC(CNC(=NC)NCCc2c[nH]c3cc(F)ccc23)C1.I. The lowest BCUT2D eigenvalue weighted by molar-refractivity contribution is 0.342. The van der Waals surface area contributed by atoms with Crippen molar-refractivity contribution in [3.8, 4) is 0 Å². The van der Waals surface area contributed by atoms with Crippen molar-refractivity contribution in [3.05, 3.63) is 35.8 Å². The zero-order valence-electron chi connectivity index (χ0n) is 15.5. The van der Waals surface area contributed by atoms with Crippen LogP contribution in [0.5, 0.6) is 0 Å². The van der Waals surface area contributed by atoms with E-state index in [2.05, 4.69) is 32.4 Å². The Balaban J connectivity index is 0.00000243. The Labute approximate surface area is 171 Å². The first-order valence-electron chi connectivity index (χ1n) is 9.12. The fourth-order valence-corrected chi connectivity index (χ4v) is 3.51. The molecule has 1 aliphatic heterocycles. The summed E-state index contributed by atoms with van der Waals surface area (Å²) in [5.41, 5.74) is 2.03.